The number of aromatic nitrogens is 2. The maximum Gasteiger partial charge on any atom is 0.433 e. The molecule has 0 spiro atoms. The average molecular weight is 497 g/mol. The molecule has 1 N–H and O–H groups in total. The molecule has 1 aromatic heterocycles. The van der Waals surface area contributed by atoms with Crippen LogP contribution < -0.4 is 0 Å². The zero-order valence-electron chi connectivity index (χ0n) is 18.9. The number of aliphatic hydroxyl groups is 1. The predicted molar refractivity (Wildman–Crippen MR) is 120 cm³/mol. The van der Waals surface area contributed by atoms with E-state index in [1.165, 1.54) is 0 Å². The fourth-order valence-corrected chi connectivity index (χ4v) is 5.60. The highest BCUT2D eigenvalue weighted by Crippen LogP contribution is 2.43. The maximum absolute atomic E-state index is 13.7. The fourth-order valence-electron chi connectivity index (χ4n) is 5.36. The molecule has 0 unspecified atom stereocenters. The molecular weight excluding hydrogens is 469 g/mol. The largest absolute Gasteiger partial charge is 0.433 e. The Kier molecular flexibility index (Phi) is 6.14. The van der Waals surface area contributed by atoms with E-state index in [1.54, 1.807) is 4.90 Å². The number of hydrogen-bond acceptors (Lipinski definition) is 4. The lowest BCUT2D eigenvalue weighted by atomic mass is 9.97. The third kappa shape index (κ3) is 4.45. The van der Waals surface area contributed by atoms with Crippen molar-refractivity contribution in [3.05, 3.63) is 51.8 Å². The van der Waals surface area contributed by atoms with E-state index >= 15 is 0 Å². The van der Waals surface area contributed by atoms with E-state index < -0.39 is 36.5 Å². The van der Waals surface area contributed by atoms with E-state index in [4.69, 9.17) is 11.6 Å². The Morgan fingerprint density at radius 2 is 1.97 bits per heavy atom. The van der Waals surface area contributed by atoms with Crippen molar-refractivity contribution in [2.24, 2.45) is 0 Å². The molecule has 2 saturated heterocycles. The number of β-amino-alcohol motifs (C(OH)–C–C–N with tert-alkyl or cyclic N) is 1. The Bertz CT molecular complexity index is 1080. The number of halogens is 4. The smallest absolute Gasteiger partial charge is 0.392 e. The quantitative estimate of drug-likeness (QED) is 0.675. The van der Waals surface area contributed by atoms with Crippen LogP contribution in [-0.2, 0) is 17.5 Å². The van der Waals surface area contributed by atoms with Crippen LogP contribution in [0, 0.1) is 6.92 Å². The summed E-state index contributed by atoms with van der Waals surface area (Å²) in [6.07, 6.45) is -2.04. The van der Waals surface area contributed by atoms with Gasteiger partial charge < -0.3 is 10.0 Å². The number of likely N-dealkylation sites (tertiary alicyclic amines) is 2. The minimum absolute atomic E-state index is 0.0501. The molecule has 5 rings (SSSR count). The third-order valence-corrected chi connectivity index (χ3v) is 7.78. The van der Waals surface area contributed by atoms with Crippen molar-refractivity contribution in [2.75, 3.05) is 19.6 Å². The van der Waals surface area contributed by atoms with Gasteiger partial charge in [0.1, 0.15) is 12.2 Å². The molecule has 1 saturated carbocycles. The Morgan fingerprint density at radius 3 is 2.62 bits per heavy atom. The minimum Gasteiger partial charge on any atom is -0.392 e. The number of hydrogen-bond donors (Lipinski definition) is 1. The average Bonchev–Trinajstić information content (AvgIpc) is 3.17. The number of aliphatic hydroxyl groups excluding tert-OH is 1. The van der Waals surface area contributed by atoms with Gasteiger partial charge in [0.2, 0.25) is 5.91 Å². The lowest BCUT2D eigenvalue weighted by Crippen LogP contribution is -2.42. The zero-order valence-corrected chi connectivity index (χ0v) is 19.7. The molecule has 0 bridgehead atoms. The molecule has 2 aliphatic heterocycles. The van der Waals surface area contributed by atoms with Crippen LogP contribution in [0.15, 0.2) is 24.3 Å². The first-order chi connectivity index (χ1) is 16.1. The van der Waals surface area contributed by atoms with Gasteiger partial charge in [0, 0.05) is 36.6 Å². The highest BCUT2D eigenvalue weighted by Gasteiger charge is 2.45. The number of nitrogens with zero attached hydrogens (tertiary/aromatic N) is 4. The summed E-state index contributed by atoms with van der Waals surface area (Å²) in [5.74, 6) is -0.366. The van der Waals surface area contributed by atoms with Crippen molar-refractivity contribution < 1.29 is 23.1 Å². The van der Waals surface area contributed by atoms with E-state index in [0.717, 1.165) is 34.7 Å². The molecule has 1 aromatic carbocycles. The van der Waals surface area contributed by atoms with Crippen molar-refractivity contribution in [3.63, 3.8) is 0 Å². The molecule has 1 amide bonds. The summed E-state index contributed by atoms with van der Waals surface area (Å²) in [5.41, 5.74) is 1.18. The second-order valence-corrected chi connectivity index (χ2v) is 10.1. The number of rotatable bonds is 5. The van der Waals surface area contributed by atoms with Gasteiger partial charge in [0.05, 0.1) is 17.8 Å². The maximum atomic E-state index is 13.7. The number of alkyl halides is 3. The molecule has 6 nitrogen and oxygen atoms in total. The van der Waals surface area contributed by atoms with Crippen molar-refractivity contribution in [2.45, 2.75) is 69.4 Å². The van der Waals surface area contributed by atoms with Crippen LogP contribution in [0.5, 0.6) is 0 Å². The van der Waals surface area contributed by atoms with Crippen molar-refractivity contribution in [1.82, 2.24) is 19.6 Å². The first kappa shape index (κ1) is 23.6. The molecule has 3 heterocycles. The van der Waals surface area contributed by atoms with Crippen LogP contribution in [-0.4, -0.2) is 62.4 Å². The summed E-state index contributed by atoms with van der Waals surface area (Å²) in [4.78, 5) is 17.3. The molecule has 0 radical (unpaired) electrons. The molecule has 34 heavy (non-hydrogen) atoms. The van der Waals surface area contributed by atoms with E-state index in [9.17, 15) is 23.1 Å². The van der Waals surface area contributed by atoms with E-state index in [-0.39, 0.29) is 12.0 Å². The molecule has 184 valence electrons. The van der Waals surface area contributed by atoms with Crippen LogP contribution in [0.4, 0.5) is 13.2 Å². The number of carbonyl (C=O) groups is 1. The highest BCUT2D eigenvalue weighted by atomic mass is 35.5. The van der Waals surface area contributed by atoms with Gasteiger partial charge in [-0.2, -0.15) is 18.3 Å². The first-order valence-corrected chi connectivity index (χ1v) is 12.1. The van der Waals surface area contributed by atoms with Crippen LogP contribution in [0.2, 0.25) is 5.02 Å². The van der Waals surface area contributed by atoms with Gasteiger partial charge in [-0.05, 0) is 49.8 Å². The van der Waals surface area contributed by atoms with Gasteiger partial charge >= 0.3 is 6.18 Å². The molecular formula is C24H28ClF3N4O2. The van der Waals surface area contributed by atoms with Crippen LogP contribution in [0.1, 0.15) is 60.2 Å². The first-order valence-electron chi connectivity index (χ1n) is 11.7. The molecule has 2 aromatic rings. The van der Waals surface area contributed by atoms with E-state index in [2.05, 4.69) is 10.00 Å². The number of aryl methyl sites for hydroxylation is 1. The molecule has 10 heteroatoms. The van der Waals surface area contributed by atoms with Gasteiger partial charge in [-0.3, -0.25) is 14.4 Å². The minimum atomic E-state index is -4.58. The van der Waals surface area contributed by atoms with Crippen LogP contribution >= 0.6 is 11.6 Å². The van der Waals surface area contributed by atoms with E-state index in [1.807, 2.05) is 25.1 Å². The Morgan fingerprint density at radius 1 is 1.21 bits per heavy atom. The van der Waals surface area contributed by atoms with Gasteiger partial charge in [-0.1, -0.05) is 29.8 Å². The van der Waals surface area contributed by atoms with Crippen molar-refractivity contribution in [1.29, 1.82) is 0 Å². The van der Waals surface area contributed by atoms with Gasteiger partial charge in [-0.25, -0.2) is 0 Å². The summed E-state index contributed by atoms with van der Waals surface area (Å²) in [6, 6.07) is 6.26. The standard InChI is InChI=1S/C24H28ClF3N4O2/c1-14-3-2-4-17(22(14)25)23-19(30-9-7-16(33)12-30)8-10-31(23)21(34)13-32-20(24(26,27)28)11-18(29-32)15-5-6-15/h2-4,11,15-16,19,23,33H,5-10,12-13H2,1H3/t16-,19+,23+/m1/s1. The second kappa shape index (κ2) is 8.84. The molecule has 3 fully saturated rings. The van der Waals surface area contributed by atoms with Crippen LogP contribution in [0.3, 0.4) is 0 Å². The number of carbonyl (C=O) groups excluding carboxylic acids is 1. The number of benzene rings is 1. The highest BCUT2D eigenvalue weighted by molar-refractivity contribution is 6.32. The third-order valence-electron chi connectivity index (χ3n) is 7.26. The fraction of sp³-hybridized carbons (Fsp3) is 0.583. The number of amides is 1. The Balaban J connectivity index is 1.46. The summed E-state index contributed by atoms with van der Waals surface area (Å²) < 4.78 is 41.9. The topological polar surface area (TPSA) is 61.6 Å². The van der Waals surface area contributed by atoms with Crippen LogP contribution in [0.25, 0.3) is 0 Å². The van der Waals surface area contributed by atoms with Crippen molar-refractivity contribution in [3.8, 4) is 0 Å². The molecule has 3 atom stereocenters. The Labute approximate surface area is 201 Å². The zero-order chi connectivity index (χ0) is 24.2. The van der Waals surface area contributed by atoms with E-state index in [0.29, 0.717) is 43.2 Å². The van der Waals surface area contributed by atoms with Gasteiger partial charge in [0.25, 0.3) is 0 Å². The van der Waals surface area contributed by atoms with Gasteiger partial charge in [0.15, 0.2) is 0 Å². The lowest BCUT2D eigenvalue weighted by molar-refractivity contribution is -0.146. The Hall–Kier alpha value is -2.10. The summed E-state index contributed by atoms with van der Waals surface area (Å²) in [6.45, 7) is 3.03. The summed E-state index contributed by atoms with van der Waals surface area (Å²) in [7, 11) is 0. The normalized spacial score (nSPS) is 25.9. The SMILES string of the molecule is Cc1cccc([C@H]2[C@@H](N3CC[C@@H](O)C3)CCN2C(=O)Cn2nc(C3CC3)cc2C(F)(F)F)c1Cl. The van der Waals surface area contributed by atoms with Crippen molar-refractivity contribution >= 4 is 17.5 Å². The van der Waals surface area contributed by atoms with Gasteiger partial charge in [-0.15, -0.1) is 0 Å². The molecule has 3 aliphatic rings. The molecule has 1 aliphatic carbocycles. The monoisotopic (exact) mass is 496 g/mol. The lowest BCUT2D eigenvalue weighted by Gasteiger charge is -2.34. The second-order valence-electron chi connectivity index (χ2n) is 9.69. The summed E-state index contributed by atoms with van der Waals surface area (Å²) in [5, 5.41) is 14.8. The predicted octanol–water partition coefficient (Wildman–Crippen LogP) is 4.15. The summed E-state index contributed by atoms with van der Waals surface area (Å²) >= 11 is 6.66.